The van der Waals surface area contributed by atoms with E-state index >= 15 is 0 Å². The minimum absolute atomic E-state index is 0.157. The van der Waals surface area contributed by atoms with E-state index in [-0.39, 0.29) is 5.91 Å². The average Bonchev–Trinajstić information content (AvgIpc) is 2.77. The smallest absolute Gasteiger partial charge is 0.217 e. The average molecular weight is 474 g/mol. The highest BCUT2D eigenvalue weighted by atomic mass is 32.1. The monoisotopic (exact) mass is 473 g/mol. The lowest BCUT2D eigenvalue weighted by Gasteiger charge is -2.11. The maximum Gasteiger partial charge on any atom is 0.217 e. The molecule has 0 spiro atoms. The predicted molar refractivity (Wildman–Crippen MR) is 147 cm³/mol. The summed E-state index contributed by atoms with van der Waals surface area (Å²) in [5, 5.41) is 0. The van der Waals surface area contributed by atoms with Gasteiger partial charge in [-0.1, -0.05) is 124 Å². The molecule has 4 heteroatoms. The number of carbonyl (C=O) groups is 1. The lowest BCUT2D eigenvalue weighted by Crippen LogP contribution is -2.09. The van der Waals surface area contributed by atoms with Crippen LogP contribution in [0.15, 0.2) is 0 Å². The lowest BCUT2D eigenvalue weighted by atomic mass is 10.00. The number of nitrogens with two attached hydrogens (primary N) is 1. The van der Waals surface area contributed by atoms with Crippen LogP contribution in [0, 0.1) is 5.92 Å². The number of ether oxygens (including phenoxy) is 1. The number of hydrogen-bond acceptors (Lipinski definition) is 3. The van der Waals surface area contributed by atoms with Gasteiger partial charge in [-0.05, 0) is 30.9 Å². The van der Waals surface area contributed by atoms with Crippen molar-refractivity contribution in [1.29, 1.82) is 0 Å². The highest BCUT2D eigenvalue weighted by Crippen LogP contribution is 2.14. The quantitative estimate of drug-likeness (QED) is 0.109. The van der Waals surface area contributed by atoms with E-state index < -0.39 is 0 Å². The SMILES string of the molecule is CCCCCCCC(C)CCOCCCS.CCCCCCCCCCCCCC(N)=O. The standard InChI is InChI=1S/C14H29NO.C14H30OS/c1-2-3-4-5-6-7-8-9-10-11-12-13-14(15)16;1-3-4-5-6-7-9-14(2)10-12-15-11-8-13-16/h2-13H2,1H3,(H2,15,16);14,16H,3-13H2,1-2H3. The molecule has 0 aliphatic heterocycles. The largest absolute Gasteiger partial charge is 0.381 e. The van der Waals surface area contributed by atoms with E-state index in [1.807, 2.05) is 0 Å². The maximum atomic E-state index is 10.5. The molecule has 2 N–H and O–H groups in total. The second-order valence-corrected chi connectivity index (χ2v) is 9.99. The first-order chi connectivity index (χ1) is 15.6. The molecule has 3 nitrogen and oxygen atoms in total. The molecular formula is C28H59NO2S. The van der Waals surface area contributed by atoms with Crippen molar-refractivity contribution in [1.82, 2.24) is 0 Å². The van der Waals surface area contributed by atoms with Crippen LogP contribution in [0.25, 0.3) is 0 Å². The summed E-state index contributed by atoms with van der Waals surface area (Å²) in [4.78, 5) is 10.5. The third-order valence-electron chi connectivity index (χ3n) is 6.03. The van der Waals surface area contributed by atoms with Crippen LogP contribution in [0.4, 0.5) is 0 Å². The number of hydrogen-bond donors (Lipinski definition) is 2. The number of amides is 1. The Morgan fingerprint density at radius 2 is 1.16 bits per heavy atom. The van der Waals surface area contributed by atoms with Crippen molar-refractivity contribution in [3.63, 3.8) is 0 Å². The Bertz CT molecular complexity index is 338. The van der Waals surface area contributed by atoms with Crippen LogP contribution in [-0.2, 0) is 9.53 Å². The van der Waals surface area contributed by atoms with Crippen LogP contribution in [-0.4, -0.2) is 24.9 Å². The van der Waals surface area contributed by atoms with Crippen molar-refractivity contribution in [2.24, 2.45) is 11.7 Å². The van der Waals surface area contributed by atoms with Crippen LogP contribution >= 0.6 is 12.6 Å². The first-order valence-corrected chi connectivity index (χ1v) is 14.7. The van der Waals surface area contributed by atoms with Crippen LogP contribution in [0.5, 0.6) is 0 Å². The van der Waals surface area contributed by atoms with Gasteiger partial charge in [0.25, 0.3) is 0 Å². The van der Waals surface area contributed by atoms with E-state index in [1.165, 1.54) is 109 Å². The van der Waals surface area contributed by atoms with Gasteiger partial charge in [0.1, 0.15) is 0 Å². The molecule has 0 aliphatic carbocycles. The molecule has 0 saturated carbocycles. The Balaban J connectivity index is 0. The zero-order chi connectivity index (χ0) is 24.1. The Labute approximate surface area is 207 Å². The van der Waals surface area contributed by atoms with Crippen LogP contribution in [0.1, 0.15) is 149 Å². The van der Waals surface area contributed by atoms with E-state index in [1.54, 1.807) is 0 Å². The molecule has 0 aromatic rings. The van der Waals surface area contributed by atoms with Gasteiger partial charge in [-0.15, -0.1) is 0 Å². The molecule has 0 saturated heterocycles. The zero-order valence-electron chi connectivity index (χ0n) is 22.2. The van der Waals surface area contributed by atoms with Crippen molar-refractivity contribution in [2.75, 3.05) is 19.0 Å². The summed E-state index contributed by atoms with van der Waals surface area (Å²) in [7, 11) is 0. The minimum Gasteiger partial charge on any atom is -0.381 e. The number of thiol groups is 1. The summed E-state index contributed by atoms with van der Waals surface area (Å²) in [5.74, 6) is 1.61. The molecule has 1 atom stereocenters. The van der Waals surface area contributed by atoms with Crippen molar-refractivity contribution in [3.8, 4) is 0 Å². The van der Waals surface area contributed by atoms with Crippen molar-refractivity contribution in [3.05, 3.63) is 0 Å². The summed E-state index contributed by atoms with van der Waals surface area (Å²) < 4.78 is 5.54. The first-order valence-electron chi connectivity index (χ1n) is 14.0. The van der Waals surface area contributed by atoms with Crippen LogP contribution in [0.2, 0.25) is 0 Å². The summed E-state index contributed by atoms with van der Waals surface area (Å²) >= 11 is 4.16. The molecule has 0 aliphatic rings. The Morgan fingerprint density at radius 3 is 1.62 bits per heavy atom. The summed E-state index contributed by atoms with van der Waals surface area (Å²) in [6.45, 7) is 8.69. The van der Waals surface area contributed by atoms with Gasteiger partial charge < -0.3 is 10.5 Å². The Morgan fingerprint density at radius 1 is 0.688 bits per heavy atom. The van der Waals surface area contributed by atoms with Crippen LogP contribution in [0.3, 0.4) is 0 Å². The molecule has 1 unspecified atom stereocenters. The molecule has 0 aromatic heterocycles. The fourth-order valence-corrected chi connectivity index (χ4v) is 3.89. The molecule has 0 rings (SSSR count). The molecule has 32 heavy (non-hydrogen) atoms. The lowest BCUT2D eigenvalue weighted by molar-refractivity contribution is -0.118. The molecule has 1 amide bonds. The second kappa shape index (κ2) is 30.8. The Hall–Kier alpha value is -0.220. The van der Waals surface area contributed by atoms with Gasteiger partial charge in [-0.3, -0.25) is 4.79 Å². The summed E-state index contributed by atoms with van der Waals surface area (Å²) in [6, 6.07) is 0. The topological polar surface area (TPSA) is 52.3 Å². The van der Waals surface area contributed by atoms with Crippen molar-refractivity contribution >= 4 is 18.5 Å². The second-order valence-electron chi connectivity index (χ2n) is 9.54. The Kier molecular flexibility index (Phi) is 32.7. The van der Waals surface area contributed by atoms with Gasteiger partial charge in [-0.2, -0.15) is 12.6 Å². The molecular weight excluding hydrogens is 414 g/mol. The van der Waals surface area contributed by atoms with E-state index in [2.05, 4.69) is 33.4 Å². The van der Waals surface area contributed by atoms with Gasteiger partial charge in [0.05, 0.1) is 0 Å². The number of unbranched alkanes of at least 4 members (excludes halogenated alkanes) is 14. The van der Waals surface area contributed by atoms with E-state index in [0.29, 0.717) is 6.42 Å². The fraction of sp³-hybridized carbons (Fsp3) is 0.964. The number of carbonyl (C=O) groups excluding carboxylic acids is 1. The van der Waals surface area contributed by atoms with Gasteiger partial charge >= 0.3 is 0 Å². The van der Waals surface area contributed by atoms with Crippen molar-refractivity contribution in [2.45, 2.75) is 149 Å². The van der Waals surface area contributed by atoms with Gasteiger partial charge in [0.15, 0.2) is 0 Å². The summed E-state index contributed by atoms with van der Waals surface area (Å²) in [5.41, 5.74) is 5.07. The van der Waals surface area contributed by atoms with Crippen molar-refractivity contribution < 1.29 is 9.53 Å². The summed E-state index contributed by atoms with van der Waals surface area (Å²) in [6.07, 6.45) is 25.7. The van der Waals surface area contributed by atoms with E-state index in [9.17, 15) is 4.79 Å². The highest BCUT2D eigenvalue weighted by Gasteiger charge is 2.01. The van der Waals surface area contributed by atoms with Crippen LogP contribution < -0.4 is 5.73 Å². The van der Waals surface area contributed by atoms with Gasteiger partial charge in [0, 0.05) is 19.6 Å². The number of rotatable bonds is 24. The third-order valence-corrected chi connectivity index (χ3v) is 6.35. The third kappa shape index (κ3) is 34.4. The zero-order valence-corrected chi connectivity index (χ0v) is 23.1. The minimum atomic E-state index is -0.157. The maximum absolute atomic E-state index is 10.5. The first kappa shape index (κ1) is 34.0. The predicted octanol–water partition coefficient (Wildman–Crippen LogP) is 8.88. The highest BCUT2D eigenvalue weighted by molar-refractivity contribution is 7.80. The van der Waals surface area contributed by atoms with E-state index in [0.717, 1.165) is 37.7 Å². The normalized spacial score (nSPS) is 11.8. The molecule has 0 fully saturated rings. The molecule has 0 radical (unpaired) electrons. The molecule has 0 bridgehead atoms. The molecule has 0 aromatic carbocycles. The number of primary amides is 1. The molecule has 0 heterocycles. The van der Waals surface area contributed by atoms with E-state index in [4.69, 9.17) is 10.5 Å². The molecule has 194 valence electrons. The van der Waals surface area contributed by atoms with Gasteiger partial charge in [-0.25, -0.2) is 0 Å². The van der Waals surface area contributed by atoms with Gasteiger partial charge in [0.2, 0.25) is 5.91 Å². The fourth-order valence-electron chi connectivity index (χ4n) is 3.76.